The van der Waals surface area contributed by atoms with Crippen molar-refractivity contribution in [1.29, 1.82) is 0 Å². The summed E-state index contributed by atoms with van der Waals surface area (Å²) < 4.78 is 10.6. The molecule has 0 aliphatic carbocycles. The molecule has 0 aromatic heterocycles. The third kappa shape index (κ3) is 5.48. The first-order valence-electron chi connectivity index (χ1n) is 9.14. The zero-order valence-electron chi connectivity index (χ0n) is 16.6. The highest BCUT2D eigenvalue weighted by Gasteiger charge is 2.36. The summed E-state index contributed by atoms with van der Waals surface area (Å²) in [5.74, 6) is -0.0487. The van der Waals surface area contributed by atoms with Crippen molar-refractivity contribution in [1.82, 2.24) is 4.90 Å². The van der Waals surface area contributed by atoms with Crippen molar-refractivity contribution in [2.45, 2.75) is 0 Å². The minimum atomic E-state index is -0.545. The summed E-state index contributed by atoms with van der Waals surface area (Å²) in [5, 5.41) is 2.42. The van der Waals surface area contributed by atoms with Gasteiger partial charge in [-0.25, -0.2) is 0 Å². The van der Waals surface area contributed by atoms with Crippen LogP contribution in [0.25, 0.3) is 6.08 Å². The zero-order chi connectivity index (χ0) is 22.4. The average Bonchev–Trinajstić information content (AvgIpc) is 3.00. The van der Waals surface area contributed by atoms with Crippen molar-refractivity contribution in [2.24, 2.45) is 0 Å². The van der Waals surface area contributed by atoms with Crippen LogP contribution < -0.4 is 14.8 Å². The summed E-state index contributed by atoms with van der Waals surface area (Å²) >= 11 is 6.82. The molecule has 31 heavy (non-hydrogen) atoms. The number of thioether (sulfide) groups is 1. The Balaban J connectivity index is 1.70. The van der Waals surface area contributed by atoms with Crippen molar-refractivity contribution in [3.63, 3.8) is 0 Å². The van der Waals surface area contributed by atoms with Gasteiger partial charge in [-0.3, -0.25) is 19.3 Å². The van der Waals surface area contributed by atoms with Gasteiger partial charge in [0.2, 0.25) is 5.91 Å². The molecule has 7 nitrogen and oxygen atoms in total. The number of hydrogen-bond donors (Lipinski definition) is 1. The first-order valence-corrected chi connectivity index (χ1v) is 10.3. The second-order valence-corrected chi connectivity index (χ2v) is 7.70. The molecule has 9 heteroatoms. The number of benzene rings is 2. The van der Waals surface area contributed by atoms with E-state index in [4.69, 9.17) is 21.1 Å². The van der Waals surface area contributed by atoms with E-state index in [2.05, 4.69) is 11.9 Å². The predicted molar refractivity (Wildman–Crippen MR) is 121 cm³/mol. The molecule has 0 saturated carbocycles. The number of carbonyl (C=O) groups is 3. The fraction of sp³-hybridized carbons (Fsp3) is 0.136. The van der Waals surface area contributed by atoms with Gasteiger partial charge < -0.3 is 14.8 Å². The zero-order valence-corrected chi connectivity index (χ0v) is 18.2. The van der Waals surface area contributed by atoms with Crippen molar-refractivity contribution in [3.05, 3.63) is 70.6 Å². The number of nitrogens with one attached hydrogen (secondary N) is 1. The fourth-order valence-corrected chi connectivity index (χ4v) is 3.83. The molecule has 2 aromatic rings. The Kier molecular flexibility index (Phi) is 7.38. The van der Waals surface area contributed by atoms with E-state index in [1.807, 2.05) is 0 Å². The van der Waals surface area contributed by atoms with Crippen LogP contribution in [0.1, 0.15) is 5.56 Å². The maximum Gasteiger partial charge on any atom is 0.294 e. The number of carbonyl (C=O) groups excluding carboxylic acids is 3. The molecule has 0 unspecified atom stereocenters. The van der Waals surface area contributed by atoms with Crippen molar-refractivity contribution < 1.29 is 23.9 Å². The lowest BCUT2D eigenvalue weighted by Gasteiger charge is -2.13. The van der Waals surface area contributed by atoms with E-state index in [-0.39, 0.29) is 4.91 Å². The molecule has 1 fully saturated rings. The van der Waals surface area contributed by atoms with E-state index in [0.717, 1.165) is 16.7 Å². The first-order chi connectivity index (χ1) is 14.9. The number of halogens is 1. The van der Waals surface area contributed by atoms with E-state index in [0.29, 0.717) is 34.4 Å². The van der Waals surface area contributed by atoms with Gasteiger partial charge in [-0.2, -0.15) is 0 Å². The maximum absolute atomic E-state index is 12.7. The normalized spacial score (nSPS) is 14.6. The minimum absolute atomic E-state index is 0.208. The molecule has 0 radical (unpaired) electrons. The van der Waals surface area contributed by atoms with E-state index in [1.165, 1.54) is 13.2 Å². The molecule has 1 heterocycles. The number of hydrogen-bond acceptors (Lipinski definition) is 6. The lowest BCUT2D eigenvalue weighted by Crippen LogP contribution is -2.36. The summed E-state index contributed by atoms with van der Waals surface area (Å²) in [6.07, 6.45) is 3.18. The Hall–Kier alpha value is -3.23. The highest BCUT2D eigenvalue weighted by atomic mass is 35.5. The molecule has 160 valence electrons. The molecular weight excluding hydrogens is 440 g/mol. The predicted octanol–water partition coefficient (Wildman–Crippen LogP) is 4.59. The topological polar surface area (TPSA) is 84.9 Å². The Morgan fingerprint density at radius 3 is 2.71 bits per heavy atom. The fourth-order valence-electron chi connectivity index (χ4n) is 2.75. The quantitative estimate of drug-likeness (QED) is 0.460. The second kappa shape index (κ2) is 10.2. The Bertz CT molecular complexity index is 1070. The van der Waals surface area contributed by atoms with Gasteiger partial charge in [0.1, 0.15) is 24.7 Å². The standard InChI is InChI=1S/C22H19ClN2O5S/c1-3-10-30-17-7-5-4-6-14(17)11-19-21(27)25(22(28)31-19)13-20(26)24-15-8-9-18(29-2)16(23)12-15/h3-9,11-12H,1,10,13H2,2H3,(H,24,26)/b19-11-. The lowest BCUT2D eigenvalue weighted by molar-refractivity contribution is -0.127. The smallest absolute Gasteiger partial charge is 0.294 e. The molecule has 3 rings (SSSR count). The molecular formula is C22H19ClN2O5S. The van der Waals surface area contributed by atoms with Gasteiger partial charge in [0.05, 0.1) is 17.0 Å². The molecule has 0 spiro atoms. The van der Waals surface area contributed by atoms with E-state index in [9.17, 15) is 14.4 Å². The van der Waals surface area contributed by atoms with Crippen molar-refractivity contribution in [2.75, 3.05) is 25.6 Å². The van der Waals surface area contributed by atoms with E-state index < -0.39 is 23.6 Å². The van der Waals surface area contributed by atoms with Gasteiger partial charge in [0, 0.05) is 11.3 Å². The van der Waals surface area contributed by atoms with Gasteiger partial charge in [-0.1, -0.05) is 42.5 Å². The Morgan fingerprint density at radius 1 is 1.23 bits per heavy atom. The monoisotopic (exact) mass is 458 g/mol. The number of imide groups is 1. The summed E-state index contributed by atoms with van der Waals surface area (Å²) in [5.41, 5.74) is 1.07. The molecule has 0 atom stereocenters. The van der Waals surface area contributed by atoms with Crippen LogP contribution in [-0.2, 0) is 9.59 Å². The molecule has 1 aliphatic rings. The number of ether oxygens (including phenoxy) is 2. The van der Waals surface area contributed by atoms with Gasteiger partial charge in [-0.05, 0) is 42.1 Å². The van der Waals surface area contributed by atoms with Crippen LogP contribution in [0.4, 0.5) is 10.5 Å². The van der Waals surface area contributed by atoms with E-state index in [1.54, 1.807) is 48.6 Å². The third-order valence-electron chi connectivity index (χ3n) is 4.17. The van der Waals surface area contributed by atoms with Crippen LogP contribution in [0.3, 0.4) is 0 Å². The van der Waals surface area contributed by atoms with Crippen molar-refractivity contribution >= 4 is 52.2 Å². The Labute approximate surface area is 188 Å². The van der Waals surface area contributed by atoms with Crippen LogP contribution in [0, 0.1) is 0 Å². The number of anilines is 1. The Morgan fingerprint density at radius 2 is 2.00 bits per heavy atom. The molecule has 1 N–H and O–H groups in total. The van der Waals surface area contributed by atoms with Crippen LogP contribution in [0.2, 0.25) is 5.02 Å². The summed E-state index contributed by atoms with van der Waals surface area (Å²) in [4.78, 5) is 38.5. The van der Waals surface area contributed by atoms with Crippen molar-refractivity contribution in [3.8, 4) is 11.5 Å². The van der Waals surface area contributed by atoms with Gasteiger partial charge in [0.15, 0.2) is 0 Å². The second-order valence-electron chi connectivity index (χ2n) is 6.30. The van der Waals surface area contributed by atoms with Crippen LogP contribution in [0.5, 0.6) is 11.5 Å². The highest BCUT2D eigenvalue weighted by molar-refractivity contribution is 8.18. The number of methoxy groups -OCH3 is 1. The third-order valence-corrected chi connectivity index (χ3v) is 5.38. The molecule has 3 amide bonds. The molecule has 1 aliphatic heterocycles. The largest absolute Gasteiger partial charge is 0.495 e. The van der Waals surface area contributed by atoms with Crippen LogP contribution in [0.15, 0.2) is 60.0 Å². The summed E-state index contributed by atoms with van der Waals surface area (Å²) in [7, 11) is 1.48. The SMILES string of the molecule is C=CCOc1ccccc1/C=C1\SC(=O)N(CC(=O)Nc2ccc(OC)c(Cl)c2)C1=O. The minimum Gasteiger partial charge on any atom is -0.495 e. The van der Waals surface area contributed by atoms with Gasteiger partial charge >= 0.3 is 0 Å². The molecule has 1 saturated heterocycles. The van der Waals surface area contributed by atoms with E-state index >= 15 is 0 Å². The summed E-state index contributed by atoms with van der Waals surface area (Å²) in [6, 6.07) is 11.9. The highest BCUT2D eigenvalue weighted by Crippen LogP contribution is 2.34. The van der Waals surface area contributed by atoms with Crippen LogP contribution >= 0.6 is 23.4 Å². The molecule has 2 aromatic carbocycles. The number of nitrogens with zero attached hydrogens (tertiary/aromatic N) is 1. The van der Waals surface area contributed by atoms with Gasteiger partial charge in [-0.15, -0.1) is 0 Å². The molecule has 0 bridgehead atoms. The lowest BCUT2D eigenvalue weighted by atomic mass is 10.2. The number of amides is 3. The summed E-state index contributed by atoms with van der Waals surface area (Å²) in [6.45, 7) is 3.50. The van der Waals surface area contributed by atoms with Gasteiger partial charge in [0.25, 0.3) is 11.1 Å². The first kappa shape index (κ1) is 22.5. The number of rotatable bonds is 8. The number of para-hydroxylation sites is 1. The average molecular weight is 459 g/mol. The maximum atomic E-state index is 12.7. The van der Waals surface area contributed by atoms with Crippen LogP contribution in [-0.4, -0.2) is 42.2 Å².